The van der Waals surface area contributed by atoms with Gasteiger partial charge >= 0.3 is 0 Å². The number of amides is 1. The van der Waals surface area contributed by atoms with Crippen molar-refractivity contribution in [1.29, 1.82) is 0 Å². The topological polar surface area (TPSA) is 58.4 Å². The summed E-state index contributed by atoms with van der Waals surface area (Å²) in [6, 6.07) is 10.4. The van der Waals surface area contributed by atoms with E-state index in [1.165, 1.54) is 5.56 Å². The number of nitrogens with one attached hydrogen (secondary N) is 1. The number of carbonyl (C=O) groups excluding carboxylic acids is 1. The normalized spacial score (nSPS) is 21.2. The van der Waals surface area contributed by atoms with E-state index in [9.17, 15) is 4.79 Å². The Labute approximate surface area is 102 Å². The van der Waals surface area contributed by atoms with E-state index in [0.29, 0.717) is 13.1 Å². The van der Waals surface area contributed by atoms with E-state index >= 15 is 0 Å². The predicted octanol–water partition coefficient (Wildman–Crippen LogP) is -0.0118. The van der Waals surface area contributed by atoms with Crippen LogP contribution >= 0.6 is 0 Å². The summed E-state index contributed by atoms with van der Waals surface area (Å²) in [5.74, 6) is 0.0831. The molecule has 4 heteroatoms. The lowest BCUT2D eigenvalue weighted by atomic mass is 10.1. The number of carbonyl (C=O) groups is 1. The minimum absolute atomic E-state index is 0.0831. The van der Waals surface area contributed by atoms with Gasteiger partial charge in [-0.25, -0.2) is 0 Å². The summed E-state index contributed by atoms with van der Waals surface area (Å²) in [7, 11) is 0. The number of hydrogen-bond acceptors (Lipinski definition) is 3. The molecule has 1 fully saturated rings. The van der Waals surface area contributed by atoms with Crippen molar-refractivity contribution < 1.29 is 4.79 Å². The largest absolute Gasteiger partial charge is 0.350 e. The highest BCUT2D eigenvalue weighted by molar-refractivity contribution is 5.79. The number of nitrogens with zero attached hydrogens (tertiary/aromatic N) is 1. The molecule has 3 N–H and O–H groups in total. The second kappa shape index (κ2) is 5.80. The number of rotatable bonds is 4. The van der Waals surface area contributed by atoms with Crippen molar-refractivity contribution in [3.8, 4) is 0 Å². The molecular formula is C13H19N3O. The van der Waals surface area contributed by atoms with Crippen molar-refractivity contribution in [3.05, 3.63) is 35.9 Å². The van der Waals surface area contributed by atoms with Crippen LogP contribution in [0.1, 0.15) is 5.56 Å². The predicted molar refractivity (Wildman–Crippen MR) is 67.6 cm³/mol. The molecule has 1 aliphatic heterocycles. The van der Waals surface area contributed by atoms with Crippen molar-refractivity contribution in [1.82, 2.24) is 10.2 Å². The fraction of sp³-hybridized carbons (Fsp3) is 0.462. The molecule has 1 amide bonds. The molecule has 1 heterocycles. The van der Waals surface area contributed by atoms with Gasteiger partial charge in [-0.3, -0.25) is 9.69 Å². The van der Waals surface area contributed by atoms with Crippen molar-refractivity contribution >= 4 is 5.91 Å². The highest BCUT2D eigenvalue weighted by atomic mass is 16.2. The quantitative estimate of drug-likeness (QED) is 0.769. The molecule has 4 nitrogen and oxygen atoms in total. The molecule has 1 aromatic rings. The summed E-state index contributed by atoms with van der Waals surface area (Å²) in [6.45, 7) is 2.76. The third kappa shape index (κ3) is 3.54. The zero-order chi connectivity index (χ0) is 12.1. The number of hydrogen-bond donors (Lipinski definition) is 2. The smallest absolute Gasteiger partial charge is 0.234 e. The van der Waals surface area contributed by atoms with Crippen LogP contribution in [0.25, 0.3) is 0 Å². The van der Waals surface area contributed by atoms with Crippen LogP contribution in [-0.2, 0) is 11.2 Å². The Morgan fingerprint density at radius 1 is 1.35 bits per heavy atom. The van der Waals surface area contributed by atoms with E-state index in [0.717, 1.165) is 19.5 Å². The van der Waals surface area contributed by atoms with Crippen LogP contribution in [0.2, 0.25) is 0 Å². The maximum absolute atomic E-state index is 11.4. The number of piperazine rings is 1. The van der Waals surface area contributed by atoms with Crippen LogP contribution in [0.4, 0.5) is 0 Å². The Morgan fingerprint density at radius 2 is 2.12 bits per heavy atom. The Balaban J connectivity index is 1.84. The van der Waals surface area contributed by atoms with Crippen molar-refractivity contribution in [3.63, 3.8) is 0 Å². The molecular weight excluding hydrogens is 214 g/mol. The number of benzene rings is 1. The average Bonchev–Trinajstić information content (AvgIpc) is 2.37. The minimum Gasteiger partial charge on any atom is -0.350 e. The van der Waals surface area contributed by atoms with Gasteiger partial charge in [0.1, 0.15) is 0 Å². The van der Waals surface area contributed by atoms with Gasteiger partial charge in [0.25, 0.3) is 0 Å². The average molecular weight is 233 g/mol. The van der Waals surface area contributed by atoms with Crippen LogP contribution in [0.3, 0.4) is 0 Å². The van der Waals surface area contributed by atoms with Crippen molar-refractivity contribution in [2.75, 3.05) is 26.2 Å². The van der Waals surface area contributed by atoms with E-state index in [-0.39, 0.29) is 11.9 Å². The third-order valence-electron chi connectivity index (χ3n) is 3.05. The van der Waals surface area contributed by atoms with Gasteiger partial charge in [-0.1, -0.05) is 30.3 Å². The van der Waals surface area contributed by atoms with Gasteiger partial charge in [-0.15, -0.1) is 0 Å². The molecule has 92 valence electrons. The first-order valence-electron chi connectivity index (χ1n) is 6.03. The van der Waals surface area contributed by atoms with E-state index in [2.05, 4.69) is 22.3 Å². The molecule has 0 spiro atoms. The maximum atomic E-state index is 11.4. The molecule has 0 aliphatic carbocycles. The monoisotopic (exact) mass is 233 g/mol. The highest BCUT2D eigenvalue weighted by Crippen LogP contribution is 2.04. The lowest BCUT2D eigenvalue weighted by Crippen LogP contribution is -2.56. The maximum Gasteiger partial charge on any atom is 0.234 e. The fourth-order valence-corrected chi connectivity index (χ4v) is 2.13. The Morgan fingerprint density at radius 3 is 2.82 bits per heavy atom. The highest BCUT2D eigenvalue weighted by Gasteiger charge is 2.22. The van der Waals surface area contributed by atoms with Gasteiger partial charge in [-0.05, 0) is 12.0 Å². The lowest BCUT2D eigenvalue weighted by Gasteiger charge is -2.32. The first kappa shape index (κ1) is 12.1. The van der Waals surface area contributed by atoms with Crippen molar-refractivity contribution in [2.45, 2.75) is 12.5 Å². The first-order chi connectivity index (χ1) is 8.28. The SMILES string of the molecule is NCC1CN(CCc2ccccc2)CC(=O)N1. The zero-order valence-corrected chi connectivity index (χ0v) is 9.93. The Bertz CT molecular complexity index is 366. The summed E-state index contributed by atoms with van der Waals surface area (Å²) in [5.41, 5.74) is 6.90. The molecule has 2 rings (SSSR count). The van der Waals surface area contributed by atoms with Crippen LogP contribution < -0.4 is 11.1 Å². The molecule has 1 unspecified atom stereocenters. The van der Waals surface area contributed by atoms with Gasteiger partial charge in [0.15, 0.2) is 0 Å². The molecule has 1 atom stereocenters. The molecule has 17 heavy (non-hydrogen) atoms. The molecule has 1 aliphatic rings. The fourth-order valence-electron chi connectivity index (χ4n) is 2.13. The summed E-state index contributed by atoms with van der Waals surface area (Å²) >= 11 is 0. The van der Waals surface area contributed by atoms with E-state index in [1.807, 2.05) is 18.2 Å². The summed E-state index contributed by atoms with van der Waals surface area (Å²) in [6.07, 6.45) is 0.978. The molecule has 0 aromatic heterocycles. The van der Waals surface area contributed by atoms with Gasteiger partial charge in [0, 0.05) is 19.6 Å². The van der Waals surface area contributed by atoms with E-state index in [4.69, 9.17) is 5.73 Å². The van der Waals surface area contributed by atoms with Crippen LogP contribution in [0.15, 0.2) is 30.3 Å². The van der Waals surface area contributed by atoms with Gasteiger partial charge < -0.3 is 11.1 Å². The lowest BCUT2D eigenvalue weighted by molar-refractivity contribution is -0.125. The molecule has 1 aromatic carbocycles. The van der Waals surface area contributed by atoms with Crippen LogP contribution in [-0.4, -0.2) is 43.0 Å². The van der Waals surface area contributed by atoms with E-state index < -0.39 is 0 Å². The summed E-state index contributed by atoms with van der Waals surface area (Å²) in [5, 5.41) is 2.89. The second-order valence-electron chi connectivity index (χ2n) is 4.47. The van der Waals surface area contributed by atoms with Crippen LogP contribution in [0.5, 0.6) is 0 Å². The third-order valence-corrected chi connectivity index (χ3v) is 3.05. The standard InChI is InChI=1S/C13H19N3O/c14-8-12-9-16(10-13(17)15-12)7-6-11-4-2-1-3-5-11/h1-5,12H,6-10,14H2,(H,15,17). The molecule has 1 saturated heterocycles. The van der Waals surface area contributed by atoms with Gasteiger partial charge in [0.2, 0.25) is 5.91 Å². The van der Waals surface area contributed by atoms with Crippen molar-refractivity contribution in [2.24, 2.45) is 5.73 Å². The van der Waals surface area contributed by atoms with Gasteiger partial charge in [0.05, 0.1) is 12.6 Å². The minimum atomic E-state index is 0.0831. The molecule has 0 bridgehead atoms. The second-order valence-corrected chi connectivity index (χ2v) is 4.47. The first-order valence-corrected chi connectivity index (χ1v) is 6.03. The molecule has 0 saturated carbocycles. The summed E-state index contributed by atoms with van der Waals surface area (Å²) in [4.78, 5) is 13.6. The molecule has 0 radical (unpaired) electrons. The Kier molecular flexibility index (Phi) is 4.12. The zero-order valence-electron chi connectivity index (χ0n) is 9.93. The Hall–Kier alpha value is -1.39. The summed E-state index contributed by atoms with van der Waals surface area (Å²) < 4.78 is 0. The van der Waals surface area contributed by atoms with Crippen LogP contribution in [0, 0.1) is 0 Å². The number of nitrogens with two attached hydrogens (primary N) is 1. The van der Waals surface area contributed by atoms with E-state index in [1.54, 1.807) is 0 Å². The van der Waals surface area contributed by atoms with Gasteiger partial charge in [-0.2, -0.15) is 0 Å².